The molecule has 0 aromatic heterocycles. The van der Waals surface area contributed by atoms with Gasteiger partial charge in [-0.3, -0.25) is 10.2 Å². The maximum atomic E-state index is 11.0. The van der Waals surface area contributed by atoms with Crippen LogP contribution in [-0.2, 0) is 9.53 Å². The van der Waals surface area contributed by atoms with Gasteiger partial charge in [0, 0.05) is 6.42 Å². The smallest absolute Gasteiger partial charge is 0.426 e. The molecule has 0 aromatic carbocycles. The minimum absolute atomic E-state index is 0.188. The monoisotopic (exact) mass is 202 g/mol. The van der Waals surface area contributed by atoms with Crippen molar-refractivity contribution in [2.45, 2.75) is 39.5 Å². The molecule has 5 heteroatoms. The average Bonchev–Trinajstić information content (AvgIpc) is 2.16. The van der Waals surface area contributed by atoms with Gasteiger partial charge in [-0.15, -0.1) is 0 Å². The van der Waals surface area contributed by atoms with E-state index < -0.39 is 6.09 Å². The Bertz CT molecular complexity index is 183. The summed E-state index contributed by atoms with van der Waals surface area (Å²) in [6.45, 7) is 4.05. The Morgan fingerprint density at radius 3 is 2.43 bits per heavy atom. The Morgan fingerprint density at radius 1 is 1.14 bits per heavy atom. The van der Waals surface area contributed by atoms with Gasteiger partial charge in [-0.25, -0.2) is 10.2 Å². The second kappa shape index (κ2) is 8.34. The van der Waals surface area contributed by atoms with Crippen LogP contribution in [0, 0.1) is 0 Å². The fourth-order valence-corrected chi connectivity index (χ4v) is 0.886. The Hall–Kier alpha value is -1.26. The summed E-state index contributed by atoms with van der Waals surface area (Å²) in [6.07, 6.45) is 2.73. The first-order chi connectivity index (χ1) is 6.70. The van der Waals surface area contributed by atoms with Crippen LogP contribution >= 0.6 is 0 Å². The van der Waals surface area contributed by atoms with Gasteiger partial charge in [0.2, 0.25) is 5.91 Å². The minimum Gasteiger partial charge on any atom is -0.449 e. The van der Waals surface area contributed by atoms with E-state index >= 15 is 0 Å². The van der Waals surface area contributed by atoms with Gasteiger partial charge in [0.15, 0.2) is 0 Å². The van der Waals surface area contributed by atoms with E-state index in [0.717, 1.165) is 19.3 Å². The van der Waals surface area contributed by atoms with Crippen molar-refractivity contribution in [3.63, 3.8) is 0 Å². The van der Waals surface area contributed by atoms with Gasteiger partial charge in [-0.1, -0.05) is 19.8 Å². The summed E-state index contributed by atoms with van der Waals surface area (Å²) >= 11 is 0. The first kappa shape index (κ1) is 12.7. The molecule has 5 nitrogen and oxygen atoms in total. The number of hydrogen-bond donors (Lipinski definition) is 2. The lowest BCUT2D eigenvalue weighted by Crippen LogP contribution is -2.41. The molecule has 0 heterocycles. The fourth-order valence-electron chi connectivity index (χ4n) is 0.886. The van der Waals surface area contributed by atoms with Gasteiger partial charge in [0.05, 0.1) is 6.61 Å². The van der Waals surface area contributed by atoms with Crippen LogP contribution in [0.1, 0.15) is 39.5 Å². The van der Waals surface area contributed by atoms with Crippen LogP contribution in [-0.4, -0.2) is 18.6 Å². The Kier molecular flexibility index (Phi) is 7.59. The van der Waals surface area contributed by atoms with Crippen LogP contribution < -0.4 is 10.9 Å². The number of nitrogens with one attached hydrogen (secondary N) is 2. The molecule has 2 N–H and O–H groups in total. The molecule has 0 aromatic rings. The number of hydrogen-bond acceptors (Lipinski definition) is 3. The zero-order valence-electron chi connectivity index (χ0n) is 8.76. The van der Waals surface area contributed by atoms with E-state index in [4.69, 9.17) is 0 Å². The Labute approximate surface area is 84.2 Å². The standard InChI is InChI=1S/C9H18N2O3/c1-3-5-6-7-8(12)10-11-9(13)14-4-2/h3-7H2,1-2H3,(H,10,12)(H,11,13). The van der Waals surface area contributed by atoms with Gasteiger partial charge in [-0.2, -0.15) is 0 Å². The van der Waals surface area contributed by atoms with E-state index in [1.807, 2.05) is 0 Å². The molecule has 0 spiro atoms. The molecular weight excluding hydrogens is 184 g/mol. The van der Waals surface area contributed by atoms with Crippen molar-refractivity contribution in [1.29, 1.82) is 0 Å². The minimum atomic E-state index is -0.628. The molecule has 0 bridgehead atoms. The second-order valence-electron chi connectivity index (χ2n) is 2.85. The SMILES string of the molecule is CCCCCC(=O)NNC(=O)OCC. The highest BCUT2D eigenvalue weighted by Crippen LogP contribution is 1.97. The fraction of sp³-hybridized carbons (Fsp3) is 0.778. The van der Waals surface area contributed by atoms with Crippen LogP contribution in [0.2, 0.25) is 0 Å². The topological polar surface area (TPSA) is 67.4 Å². The Balaban J connectivity index is 3.39. The van der Waals surface area contributed by atoms with Crippen LogP contribution in [0.3, 0.4) is 0 Å². The van der Waals surface area contributed by atoms with E-state index in [1.165, 1.54) is 0 Å². The number of unbranched alkanes of at least 4 members (excludes halogenated alkanes) is 2. The maximum Gasteiger partial charge on any atom is 0.426 e. The maximum absolute atomic E-state index is 11.0. The lowest BCUT2D eigenvalue weighted by molar-refractivity contribution is -0.122. The quantitative estimate of drug-likeness (QED) is 0.522. The van der Waals surface area contributed by atoms with Gasteiger partial charge in [0.1, 0.15) is 0 Å². The van der Waals surface area contributed by atoms with Crippen LogP contribution in [0.4, 0.5) is 4.79 Å². The number of ether oxygens (including phenoxy) is 1. The van der Waals surface area contributed by atoms with Crippen molar-refractivity contribution in [1.82, 2.24) is 10.9 Å². The molecule has 0 rings (SSSR count). The average molecular weight is 202 g/mol. The predicted molar refractivity (Wildman–Crippen MR) is 52.4 cm³/mol. The number of amides is 2. The zero-order chi connectivity index (χ0) is 10.8. The number of rotatable bonds is 5. The zero-order valence-corrected chi connectivity index (χ0v) is 8.76. The summed E-state index contributed by atoms with van der Waals surface area (Å²) in [4.78, 5) is 21.8. The molecule has 0 aliphatic rings. The lowest BCUT2D eigenvalue weighted by Gasteiger charge is -2.06. The largest absolute Gasteiger partial charge is 0.449 e. The first-order valence-corrected chi connectivity index (χ1v) is 4.92. The third-order valence-corrected chi connectivity index (χ3v) is 1.59. The van der Waals surface area contributed by atoms with E-state index in [2.05, 4.69) is 22.5 Å². The van der Waals surface area contributed by atoms with Crippen molar-refractivity contribution in [3.8, 4) is 0 Å². The summed E-state index contributed by atoms with van der Waals surface area (Å²) in [7, 11) is 0. The molecule has 14 heavy (non-hydrogen) atoms. The molecule has 0 fully saturated rings. The molecule has 0 saturated carbocycles. The highest BCUT2D eigenvalue weighted by molar-refractivity contribution is 5.78. The Morgan fingerprint density at radius 2 is 1.86 bits per heavy atom. The van der Waals surface area contributed by atoms with Gasteiger partial charge in [-0.05, 0) is 13.3 Å². The lowest BCUT2D eigenvalue weighted by atomic mass is 10.2. The number of carbonyl (C=O) groups excluding carboxylic acids is 2. The van der Waals surface area contributed by atoms with E-state index in [9.17, 15) is 9.59 Å². The number of hydrazine groups is 1. The summed E-state index contributed by atoms with van der Waals surface area (Å²) in [5.41, 5.74) is 4.41. The highest BCUT2D eigenvalue weighted by atomic mass is 16.5. The van der Waals surface area contributed by atoms with E-state index in [0.29, 0.717) is 6.42 Å². The molecular formula is C9H18N2O3. The third kappa shape index (κ3) is 7.39. The molecule has 0 radical (unpaired) electrons. The summed E-state index contributed by atoms with van der Waals surface area (Å²) in [6, 6.07) is 0. The predicted octanol–water partition coefficient (Wildman–Crippen LogP) is 1.34. The van der Waals surface area contributed by atoms with Crippen molar-refractivity contribution in [2.24, 2.45) is 0 Å². The highest BCUT2D eigenvalue weighted by Gasteiger charge is 2.03. The molecule has 0 saturated heterocycles. The van der Waals surface area contributed by atoms with Crippen LogP contribution in [0.5, 0.6) is 0 Å². The molecule has 0 aliphatic heterocycles. The molecule has 82 valence electrons. The van der Waals surface area contributed by atoms with E-state index in [1.54, 1.807) is 6.92 Å². The van der Waals surface area contributed by atoms with Gasteiger partial charge in [0.25, 0.3) is 0 Å². The summed E-state index contributed by atoms with van der Waals surface area (Å²) < 4.78 is 4.55. The molecule has 0 aliphatic carbocycles. The summed E-state index contributed by atoms with van der Waals surface area (Å²) in [5, 5.41) is 0. The second-order valence-corrected chi connectivity index (χ2v) is 2.85. The number of carbonyl (C=O) groups is 2. The van der Waals surface area contributed by atoms with Crippen molar-refractivity contribution >= 4 is 12.0 Å². The third-order valence-electron chi connectivity index (χ3n) is 1.59. The first-order valence-electron chi connectivity index (χ1n) is 4.92. The van der Waals surface area contributed by atoms with Crippen molar-refractivity contribution < 1.29 is 14.3 Å². The van der Waals surface area contributed by atoms with Crippen LogP contribution in [0.25, 0.3) is 0 Å². The molecule has 0 unspecified atom stereocenters. The molecule has 2 amide bonds. The molecule has 0 atom stereocenters. The van der Waals surface area contributed by atoms with Crippen molar-refractivity contribution in [3.05, 3.63) is 0 Å². The van der Waals surface area contributed by atoms with Gasteiger partial charge < -0.3 is 4.74 Å². The van der Waals surface area contributed by atoms with Crippen molar-refractivity contribution in [2.75, 3.05) is 6.61 Å². The normalized spacial score (nSPS) is 9.29. The van der Waals surface area contributed by atoms with Crippen LogP contribution in [0.15, 0.2) is 0 Å². The summed E-state index contributed by atoms with van der Waals surface area (Å²) in [5.74, 6) is -0.188. The van der Waals surface area contributed by atoms with E-state index in [-0.39, 0.29) is 12.5 Å². The van der Waals surface area contributed by atoms with Gasteiger partial charge >= 0.3 is 6.09 Å².